The van der Waals surface area contributed by atoms with Crippen molar-refractivity contribution < 1.29 is 0 Å². The average molecular weight is 375 g/mol. The first-order chi connectivity index (χ1) is 11.1. The standard InChI is InChI=1S/C18H23BrN4/c1-12-13(2)21-18(20)22-17(12)23-11-7-3-4-10-16(23)14-8-5-6-9-15(14)19/h5-6,8-9,16H,3-4,7,10-11H2,1-2H3,(H2,20,21,22). The second kappa shape index (κ2) is 6.87. The van der Waals surface area contributed by atoms with Crippen LogP contribution in [0.1, 0.15) is 48.5 Å². The van der Waals surface area contributed by atoms with E-state index in [9.17, 15) is 0 Å². The van der Waals surface area contributed by atoms with E-state index in [1.165, 1.54) is 24.8 Å². The van der Waals surface area contributed by atoms with Gasteiger partial charge in [0, 0.05) is 22.3 Å². The largest absolute Gasteiger partial charge is 0.368 e. The Morgan fingerprint density at radius 2 is 1.91 bits per heavy atom. The Kier molecular flexibility index (Phi) is 4.85. The lowest BCUT2D eigenvalue weighted by atomic mass is 10.0. The molecule has 0 bridgehead atoms. The van der Waals surface area contributed by atoms with Gasteiger partial charge in [-0.15, -0.1) is 0 Å². The van der Waals surface area contributed by atoms with Gasteiger partial charge in [-0.3, -0.25) is 0 Å². The highest BCUT2D eigenvalue weighted by atomic mass is 79.9. The van der Waals surface area contributed by atoms with Crippen molar-refractivity contribution in [1.82, 2.24) is 9.97 Å². The molecule has 5 heteroatoms. The van der Waals surface area contributed by atoms with Crippen LogP contribution in [0.4, 0.5) is 11.8 Å². The molecular formula is C18H23BrN4. The van der Waals surface area contributed by atoms with Crippen molar-refractivity contribution in [3.05, 3.63) is 45.6 Å². The summed E-state index contributed by atoms with van der Waals surface area (Å²) in [5.74, 6) is 1.34. The Bertz CT molecular complexity index is 701. The predicted octanol–water partition coefficient (Wildman–Crippen LogP) is 4.56. The van der Waals surface area contributed by atoms with Crippen LogP contribution in [0.2, 0.25) is 0 Å². The highest BCUT2D eigenvalue weighted by Gasteiger charge is 2.27. The fourth-order valence-corrected chi connectivity index (χ4v) is 3.89. The number of nitrogens with two attached hydrogens (primary N) is 1. The predicted molar refractivity (Wildman–Crippen MR) is 98.6 cm³/mol. The van der Waals surface area contributed by atoms with Gasteiger partial charge in [-0.25, -0.2) is 4.98 Å². The minimum absolute atomic E-state index is 0.320. The van der Waals surface area contributed by atoms with Crippen LogP contribution in [0.25, 0.3) is 0 Å². The molecule has 122 valence electrons. The van der Waals surface area contributed by atoms with Gasteiger partial charge in [0.1, 0.15) is 5.82 Å². The third-order valence-corrected chi connectivity index (χ3v) is 5.39. The normalized spacial score (nSPS) is 18.7. The average Bonchev–Trinajstić information content (AvgIpc) is 2.77. The molecule has 23 heavy (non-hydrogen) atoms. The van der Waals surface area contributed by atoms with E-state index in [0.29, 0.717) is 12.0 Å². The summed E-state index contributed by atoms with van der Waals surface area (Å²) in [5.41, 5.74) is 9.34. The highest BCUT2D eigenvalue weighted by Crippen LogP contribution is 2.38. The Hall–Kier alpha value is -1.62. The SMILES string of the molecule is Cc1nc(N)nc(N2CCCCCC2c2ccccc2Br)c1C. The number of aromatic nitrogens is 2. The summed E-state index contributed by atoms with van der Waals surface area (Å²) in [4.78, 5) is 11.3. The molecule has 2 heterocycles. The zero-order valence-corrected chi connectivity index (χ0v) is 15.3. The molecule has 1 aromatic carbocycles. The van der Waals surface area contributed by atoms with Gasteiger partial charge in [0.2, 0.25) is 5.95 Å². The van der Waals surface area contributed by atoms with Crippen LogP contribution in [-0.4, -0.2) is 16.5 Å². The molecule has 1 saturated heterocycles. The van der Waals surface area contributed by atoms with E-state index in [2.05, 4.69) is 62.0 Å². The summed E-state index contributed by atoms with van der Waals surface area (Å²) >= 11 is 3.72. The van der Waals surface area contributed by atoms with Crippen molar-refractivity contribution in [2.75, 3.05) is 17.2 Å². The Labute approximate surface area is 146 Å². The zero-order chi connectivity index (χ0) is 16.4. The second-order valence-electron chi connectivity index (χ2n) is 6.20. The van der Waals surface area contributed by atoms with Crippen LogP contribution in [0.3, 0.4) is 0 Å². The minimum atomic E-state index is 0.320. The number of nitrogen functional groups attached to an aromatic ring is 1. The second-order valence-corrected chi connectivity index (χ2v) is 7.05. The lowest BCUT2D eigenvalue weighted by Crippen LogP contribution is -2.30. The number of benzene rings is 1. The molecule has 3 rings (SSSR count). The summed E-state index contributed by atoms with van der Waals surface area (Å²) in [6.07, 6.45) is 4.81. The van der Waals surface area contributed by atoms with Crippen molar-refractivity contribution in [2.45, 2.75) is 45.6 Å². The lowest BCUT2D eigenvalue weighted by Gasteiger charge is -2.33. The van der Waals surface area contributed by atoms with E-state index in [-0.39, 0.29) is 0 Å². The van der Waals surface area contributed by atoms with Crippen LogP contribution in [0.5, 0.6) is 0 Å². The highest BCUT2D eigenvalue weighted by molar-refractivity contribution is 9.10. The zero-order valence-electron chi connectivity index (χ0n) is 13.7. The Balaban J connectivity index is 2.08. The number of aryl methyl sites for hydroxylation is 1. The molecule has 1 unspecified atom stereocenters. The third kappa shape index (κ3) is 3.34. The molecule has 0 radical (unpaired) electrons. The van der Waals surface area contributed by atoms with Crippen LogP contribution >= 0.6 is 15.9 Å². The first-order valence-electron chi connectivity index (χ1n) is 8.19. The summed E-state index contributed by atoms with van der Waals surface area (Å²) in [6, 6.07) is 8.81. The van der Waals surface area contributed by atoms with E-state index in [1.54, 1.807) is 0 Å². The van der Waals surface area contributed by atoms with Crippen molar-refractivity contribution in [3.8, 4) is 0 Å². The molecule has 1 atom stereocenters. The third-order valence-electron chi connectivity index (χ3n) is 4.67. The Morgan fingerprint density at radius 3 is 2.70 bits per heavy atom. The van der Waals surface area contributed by atoms with Crippen molar-refractivity contribution in [2.24, 2.45) is 0 Å². The number of anilines is 2. The number of hydrogen-bond donors (Lipinski definition) is 1. The number of halogens is 1. The topological polar surface area (TPSA) is 55.0 Å². The molecule has 0 spiro atoms. The number of rotatable bonds is 2. The minimum Gasteiger partial charge on any atom is -0.368 e. The van der Waals surface area contributed by atoms with Crippen LogP contribution < -0.4 is 10.6 Å². The summed E-state index contributed by atoms with van der Waals surface area (Å²) in [5, 5.41) is 0. The molecule has 0 aliphatic carbocycles. The maximum atomic E-state index is 5.93. The smallest absolute Gasteiger partial charge is 0.222 e. The fraction of sp³-hybridized carbons (Fsp3) is 0.444. The molecule has 0 saturated carbocycles. The molecule has 4 nitrogen and oxygen atoms in total. The van der Waals surface area contributed by atoms with Crippen LogP contribution in [0, 0.1) is 13.8 Å². The van der Waals surface area contributed by atoms with E-state index < -0.39 is 0 Å². The van der Waals surface area contributed by atoms with E-state index in [1.807, 2.05) is 6.92 Å². The Morgan fingerprint density at radius 1 is 1.13 bits per heavy atom. The molecule has 2 N–H and O–H groups in total. The van der Waals surface area contributed by atoms with Crippen molar-refractivity contribution in [1.29, 1.82) is 0 Å². The maximum Gasteiger partial charge on any atom is 0.222 e. The monoisotopic (exact) mass is 374 g/mol. The summed E-state index contributed by atoms with van der Waals surface area (Å²) < 4.78 is 1.16. The van der Waals surface area contributed by atoms with Crippen molar-refractivity contribution in [3.63, 3.8) is 0 Å². The van der Waals surface area contributed by atoms with Crippen LogP contribution in [0.15, 0.2) is 28.7 Å². The maximum absolute atomic E-state index is 5.93. The van der Waals surface area contributed by atoms with Gasteiger partial charge in [-0.1, -0.05) is 47.0 Å². The van der Waals surface area contributed by atoms with E-state index in [0.717, 1.165) is 34.5 Å². The molecule has 1 fully saturated rings. The van der Waals surface area contributed by atoms with Gasteiger partial charge in [0.25, 0.3) is 0 Å². The molecule has 0 amide bonds. The van der Waals surface area contributed by atoms with Gasteiger partial charge in [-0.05, 0) is 38.3 Å². The molecule has 1 aliphatic heterocycles. The quantitative estimate of drug-likeness (QED) is 0.836. The number of hydrogen-bond acceptors (Lipinski definition) is 4. The van der Waals surface area contributed by atoms with E-state index in [4.69, 9.17) is 5.73 Å². The van der Waals surface area contributed by atoms with Gasteiger partial charge in [0.05, 0.1) is 6.04 Å². The molecule has 2 aromatic rings. The van der Waals surface area contributed by atoms with Gasteiger partial charge < -0.3 is 10.6 Å². The van der Waals surface area contributed by atoms with Crippen molar-refractivity contribution >= 4 is 27.7 Å². The molecule has 1 aliphatic rings. The molecular weight excluding hydrogens is 352 g/mol. The number of nitrogens with zero attached hydrogens (tertiary/aromatic N) is 3. The lowest BCUT2D eigenvalue weighted by molar-refractivity contribution is 0.593. The van der Waals surface area contributed by atoms with Gasteiger partial charge in [-0.2, -0.15) is 4.98 Å². The summed E-state index contributed by atoms with van der Waals surface area (Å²) in [6.45, 7) is 5.09. The van der Waals surface area contributed by atoms with Crippen LogP contribution in [-0.2, 0) is 0 Å². The van der Waals surface area contributed by atoms with Gasteiger partial charge in [0.15, 0.2) is 0 Å². The summed E-state index contributed by atoms with van der Waals surface area (Å²) in [7, 11) is 0. The van der Waals surface area contributed by atoms with Gasteiger partial charge >= 0.3 is 0 Å². The first kappa shape index (κ1) is 16.2. The first-order valence-corrected chi connectivity index (χ1v) is 8.99. The molecule has 1 aromatic heterocycles. The fourth-order valence-electron chi connectivity index (χ4n) is 3.34. The van der Waals surface area contributed by atoms with E-state index >= 15 is 0 Å².